The number of thiophene rings is 1. The van der Waals surface area contributed by atoms with Crippen molar-refractivity contribution in [2.24, 2.45) is 0 Å². The molecular formula is C57H49BN2O2S. The number of benzene rings is 7. The largest absolute Gasteiger partial charge is 0.456 e. The molecule has 63 heavy (non-hydrogen) atoms. The van der Waals surface area contributed by atoms with Gasteiger partial charge >= 0.3 is 6.85 Å². The Balaban J connectivity index is 1.22. The normalized spacial score (nSPS) is 16.3. The van der Waals surface area contributed by atoms with Gasteiger partial charge in [0.15, 0.2) is 0 Å². The van der Waals surface area contributed by atoms with Crippen LogP contribution >= 0.6 is 11.3 Å². The summed E-state index contributed by atoms with van der Waals surface area (Å²) in [5, 5.41) is 5.96. The van der Waals surface area contributed by atoms with Crippen molar-refractivity contribution < 1.29 is 8.83 Å². The second-order valence-corrected chi connectivity index (χ2v) is 21.8. The van der Waals surface area contributed by atoms with Gasteiger partial charge in [0.2, 0.25) is 5.88 Å². The minimum atomic E-state index is -0.206. The Morgan fingerprint density at radius 2 is 1.24 bits per heavy atom. The van der Waals surface area contributed by atoms with Crippen LogP contribution in [0.4, 0.5) is 28.6 Å². The topological polar surface area (TPSA) is 32.8 Å². The zero-order valence-corrected chi connectivity index (χ0v) is 38.1. The number of aryl methyl sites for hydroxylation is 1. The van der Waals surface area contributed by atoms with E-state index in [-0.39, 0.29) is 23.1 Å². The molecule has 13 rings (SSSR count). The van der Waals surface area contributed by atoms with Gasteiger partial charge in [-0.05, 0) is 112 Å². The lowest BCUT2D eigenvalue weighted by atomic mass is 9.43. The molecule has 2 aliphatic heterocycles. The van der Waals surface area contributed by atoms with E-state index in [1.54, 1.807) is 0 Å². The molecule has 0 saturated carbocycles. The standard InChI is InChI=1S/C57H49BN2O2S/c1-32-27-41-42(57(7,8)26-25-56(41,5)6)30-43(32)59-45-29-39-36-16-11-14-20-49(36)63-53(39)50-40-28-38-35-15-9-12-18-46(35)61-48(38)31-44(40)60(34-23-21-33(22-24-34)55(2,3)4)58(52(45)50)51-37-17-10-13-19-47(37)62-54(51)59/h9-24,27-31H,25-26H2,1-8H3. The predicted octanol–water partition coefficient (Wildman–Crippen LogP) is 15.4. The molecule has 0 fully saturated rings. The lowest BCUT2D eigenvalue weighted by molar-refractivity contribution is 0.332. The van der Waals surface area contributed by atoms with Gasteiger partial charge in [0, 0.05) is 76.0 Å². The quantitative estimate of drug-likeness (QED) is 0.162. The third-order valence-electron chi connectivity index (χ3n) is 15.0. The summed E-state index contributed by atoms with van der Waals surface area (Å²) < 4.78 is 16.7. The Kier molecular flexibility index (Phi) is 7.40. The van der Waals surface area contributed by atoms with Crippen molar-refractivity contribution in [2.75, 3.05) is 9.71 Å². The van der Waals surface area contributed by atoms with Crippen molar-refractivity contribution in [1.82, 2.24) is 0 Å². The molecular weight excluding hydrogens is 788 g/mol. The highest BCUT2D eigenvalue weighted by atomic mass is 32.1. The fourth-order valence-electron chi connectivity index (χ4n) is 11.5. The van der Waals surface area contributed by atoms with Crippen molar-refractivity contribution in [3.8, 4) is 11.1 Å². The zero-order valence-electron chi connectivity index (χ0n) is 37.2. The second-order valence-electron chi connectivity index (χ2n) is 20.8. The molecule has 0 amide bonds. The van der Waals surface area contributed by atoms with Crippen LogP contribution in [0.15, 0.2) is 136 Å². The number of fused-ring (bicyclic) bond motifs is 14. The van der Waals surface area contributed by atoms with Gasteiger partial charge in [0.05, 0.1) is 5.69 Å². The SMILES string of the molecule is Cc1cc2c(cc1N1c3cc4c(sc5ccccc54)c4c3B(c3c1oc1ccccc31)N(c1ccc(C(C)(C)C)cc1)c1cc3oc5ccccc5c3cc1-4)C(C)(C)CCC2(C)C. The Morgan fingerprint density at radius 3 is 1.97 bits per heavy atom. The maximum atomic E-state index is 7.31. The fourth-order valence-corrected chi connectivity index (χ4v) is 12.7. The molecule has 6 heteroatoms. The molecule has 4 nitrogen and oxygen atoms in total. The van der Waals surface area contributed by atoms with Crippen LogP contribution in [0.5, 0.6) is 0 Å². The average Bonchev–Trinajstić information content (AvgIpc) is 3.96. The Morgan fingerprint density at radius 1 is 0.587 bits per heavy atom. The molecule has 308 valence electrons. The number of hydrogen-bond acceptors (Lipinski definition) is 5. The van der Waals surface area contributed by atoms with Crippen molar-refractivity contribution in [1.29, 1.82) is 0 Å². The van der Waals surface area contributed by atoms with E-state index in [9.17, 15) is 0 Å². The van der Waals surface area contributed by atoms with Crippen molar-refractivity contribution >= 4 is 111 Å². The van der Waals surface area contributed by atoms with Crippen LogP contribution in [0.3, 0.4) is 0 Å². The van der Waals surface area contributed by atoms with Crippen LogP contribution in [0, 0.1) is 6.92 Å². The van der Waals surface area contributed by atoms with Gasteiger partial charge in [0.25, 0.3) is 0 Å². The molecule has 5 heterocycles. The van der Waals surface area contributed by atoms with Gasteiger partial charge in [0.1, 0.15) is 16.7 Å². The van der Waals surface area contributed by atoms with Gasteiger partial charge < -0.3 is 13.6 Å². The fraction of sp³-hybridized carbons (Fsp3) is 0.228. The molecule has 0 N–H and O–H groups in total. The third-order valence-corrected chi connectivity index (χ3v) is 16.2. The Bertz CT molecular complexity index is 3600. The number of furan rings is 2. The summed E-state index contributed by atoms with van der Waals surface area (Å²) in [6.45, 7) is 18.7. The average molecular weight is 837 g/mol. The minimum Gasteiger partial charge on any atom is -0.456 e. The predicted molar refractivity (Wildman–Crippen MR) is 269 cm³/mol. The zero-order chi connectivity index (χ0) is 42.9. The molecule has 3 aromatic heterocycles. The van der Waals surface area contributed by atoms with Gasteiger partial charge in [-0.1, -0.05) is 121 Å². The lowest BCUT2D eigenvalue weighted by Crippen LogP contribution is -2.61. The van der Waals surface area contributed by atoms with Crippen LogP contribution in [-0.2, 0) is 16.2 Å². The summed E-state index contributed by atoms with van der Waals surface area (Å²) in [5.41, 5.74) is 18.0. The van der Waals surface area contributed by atoms with Gasteiger partial charge in [-0.3, -0.25) is 4.90 Å². The van der Waals surface area contributed by atoms with Crippen molar-refractivity contribution in [3.63, 3.8) is 0 Å². The maximum absolute atomic E-state index is 7.31. The molecule has 7 aromatic carbocycles. The highest BCUT2D eigenvalue weighted by Crippen LogP contribution is 2.55. The maximum Gasteiger partial charge on any atom is 0.337 e. The van der Waals surface area contributed by atoms with Crippen LogP contribution in [0.1, 0.15) is 83.6 Å². The van der Waals surface area contributed by atoms with Crippen molar-refractivity contribution in [2.45, 2.75) is 84.5 Å². The van der Waals surface area contributed by atoms with E-state index in [1.165, 1.54) is 82.3 Å². The van der Waals surface area contributed by atoms with Crippen LogP contribution in [-0.4, -0.2) is 6.85 Å². The summed E-state index contributed by atoms with van der Waals surface area (Å²) in [7, 11) is 0. The summed E-state index contributed by atoms with van der Waals surface area (Å²) in [6, 6.07) is 47.7. The molecule has 10 aromatic rings. The van der Waals surface area contributed by atoms with Gasteiger partial charge in [-0.15, -0.1) is 11.3 Å². The number of hydrogen-bond donors (Lipinski definition) is 0. The molecule has 0 radical (unpaired) electrons. The third kappa shape index (κ3) is 5.10. The molecule has 0 unspecified atom stereocenters. The minimum absolute atomic E-state index is 0.0150. The second kappa shape index (κ2) is 12.5. The molecule has 0 bridgehead atoms. The number of rotatable bonds is 2. The number of anilines is 5. The first-order valence-electron chi connectivity index (χ1n) is 22.6. The summed E-state index contributed by atoms with van der Waals surface area (Å²) in [6.07, 6.45) is 2.32. The lowest BCUT2D eigenvalue weighted by Gasteiger charge is -2.45. The molecule has 0 spiro atoms. The monoisotopic (exact) mass is 836 g/mol. The Labute approximate surface area is 372 Å². The van der Waals surface area contributed by atoms with Gasteiger partial charge in [-0.25, -0.2) is 0 Å². The van der Waals surface area contributed by atoms with Crippen LogP contribution in [0.2, 0.25) is 0 Å². The van der Waals surface area contributed by atoms with E-state index in [0.717, 1.165) is 56.6 Å². The highest BCUT2D eigenvalue weighted by Gasteiger charge is 2.50. The molecule has 0 saturated heterocycles. The summed E-state index contributed by atoms with van der Waals surface area (Å²) in [4.78, 5) is 5.12. The van der Waals surface area contributed by atoms with E-state index >= 15 is 0 Å². The van der Waals surface area contributed by atoms with Crippen LogP contribution < -0.4 is 20.6 Å². The first-order chi connectivity index (χ1) is 30.3. The molecule has 1 aliphatic carbocycles. The smallest absolute Gasteiger partial charge is 0.337 e. The molecule has 3 aliphatic rings. The number of nitrogens with zero attached hydrogens (tertiary/aromatic N) is 2. The number of para-hydroxylation sites is 2. The van der Waals surface area contributed by atoms with E-state index in [1.807, 2.05) is 11.3 Å². The first kappa shape index (κ1) is 37.3. The van der Waals surface area contributed by atoms with E-state index < -0.39 is 0 Å². The first-order valence-corrected chi connectivity index (χ1v) is 23.4. The van der Waals surface area contributed by atoms with E-state index in [2.05, 4.69) is 192 Å². The van der Waals surface area contributed by atoms with Gasteiger partial charge in [-0.2, -0.15) is 0 Å². The summed E-state index contributed by atoms with van der Waals surface area (Å²) in [5.74, 6) is 0.888. The van der Waals surface area contributed by atoms with Crippen molar-refractivity contribution in [3.05, 3.63) is 150 Å². The molecule has 0 atom stereocenters. The van der Waals surface area contributed by atoms with E-state index in [4.69, 9.17) is 8.83 Å². The van der Waals surface area contributed by atoms with E-state index in [0.29, 0.717) is 0 Å². The van der Waals surface area contributed by atoms with Crippen LogP contribution in [0.25, 0.3) is 64.2 Å². The summed E-state index contributed by atoms with van der Waals surface area (Å²) >= 11 is 1.92. The highest BCUT2D eigenvalue weighted by molar-refractivity contribution is 7.26. The Hall–Kier alpha value is -6.24.